The molecule has 3 amide bonds. The summed E-state index contributed by atoms with van der Waals surface area (Å²) in [5, 5.41) is 11.0. The van der Waals surface area contributed by atoms with Gasteiger partial charge in [0.15, 0.2) is 10.3 Å². The van der Waals surface area contributed by atoms with E-state index in [0.717, 1.165) is 42.8 Å². The Morgan fingerprint density at radius 3 is 2.36 bits per heavy atom. The van der Waals surface area contributed by atoms with Crippen LogP contribution in [-0.4, -0.2) is 94.9 Å². The summed E-state index contributed by atoms with van der Waals surface area (Å²) in [6.07, 6.45) is 14.7. The minimum atomic E-state index is -1.28. The first-order chi connectivity index (χ1) is 26.4. The van der Waals surface area contributed by atoms with Crippen molar-refractivity contribution in [2.75, 3.05) is 13.2 Å². The van der Waals surface area contributed by atoms with Crippen molar-refractivity contribution in [2.45, 2.75) is 122 Å². The Labute approximate surface area is 327 Å². The molecule has 1 saturated heterocycles. The number of rotatable bonds is 8. The van der Waals surface area contributed by atoms with E-state index in [2.05, 4.69) is 35.7 Å². The topological polar surface area (TPSA) is 200 Å². The highest BCUT2D eigenvalue weighted by atomic mass is 32.2. The summed E-state index contributed by atoms with van der Waals surface area (Å²) in [5.74, 6) is -1.89. The highest BCUT2D eigenvalue weighted by Crippen LogP contribution is 2.46. The zero-order valence-electron chi connectivity index (χ0n) is 31.2. The molecule has 2 aliphatic heterocycles. The molecular weight excluding hydrogens is 747 g/mol. The number of amides is 3. The van der Waals surface area contributed by atoms with Gasteiger partial charge >= 0.3 is 12.1 Å². The van der Waals surface area contributed by atoms with E-state index in [-0.39, 0.29) is 30.4 Å². The molecule has 292 valence electrons. The molecule has 2 N–H and O–H groups in total. The lowest BCUT2D eigenvalue weighted by molar-refractivity contribution is -0.150. The number of allylic oxidation sites excluding steroid dienone is 1. The van der Waals surface area contributed by atoms with Crippen LogP contribution >= 0.6 is 23.5 Å². The van der Waals surface area contributed by atoms with Gasteiger partial charge < -0.3 is 25.0 Å². The molecule has 3 aromatic rings. The summed E-state index contributed by atoms with van der Waals surface area (Å²) in [5.41, 5.74) is -2.58. The molecule has 0 spiro atoms. The second kappa shape index (κ2) is 17.3. The molecule has 0 aromatic carbocycles. The van der Waals surface area contributed by atoms with E-state index in [4.69, 9.17) is 9.47 Å². The molecule has 0 bridgehead atoms. The van der Waals surface area contributed by atoms with Crippen LogP contribution in [0.25, 0.3) is 0 Å². The van der Waals surface area contributed by atoms with E-state index in [9.17, 15) is 24.0 Å². The number of carbonyl (C=O) groups is 4. The van der Waals surface area contributed by atoms with Crippen molar-refractivity contribution in [3.63, 3.8) is 0 Å². The van der Waals surface area contributed by atoms with E-state index < -0.39 is 58.7 Å². The monoisotopic (exact) mass is 791 g/mol. The number of ether oxygens (including phenoxy) is 2. The van der Waals surface area contributed by atoms with Gasteiger partial charge in [0.25, 0.3) is 5.56 Å². The Bertz CT molecular complexity index is 1960. The summed E-state index contributed by atoms with van der Waals surface area (Å²) < 4.78 is 12.2. The van der Waals surface area contributed by atoms with Gasteiger partial charge in [0.05, 0.1) is 28.6 Å². The lowest BCUT2D eigenvalue weighted by atomic mass is 10.0. The van der Waals surface area contributed by atoms with Crippen molar-refractivity contribution >= 4 is 47.4 Å². The first-order valence-electron chi connectivity index (χ1n) is 18.4. The molecule has 0 radical (unpaired) electrons. The minimum Gasteiger partial charge on any atom is -0.464 e. The summed E-state index contributed by atoms with van der Waals surface area (Å²) in [6, 6.07) is 0.458. The lowest BCUT2D eigenvalue weighted by Crippen LogP contribution is -2.56. The van der Waals surface area contributed by atoms with Crippen LogP contribution in [0.1, 0.15) is 78.7 Å². The standard InChI is InChI=1S/C37H45N9O7S2/c1-5-52-32(50)37-20-23(37)13-9-7-6-8-10-14-25(43-35(51)53-36(2,3)4)30(48)45-22-24(19-26(45)29(47)44-37)46-31(49)28(55-34-40-17-12-18-41-34)27(21-42-46)54-33-38-15-11-16-39-33/h9,11-13,15-18,21,23-26H,5-8,10,14,19-20,22H2,1-4H3,(H,43,51)(H,44,47)/b13-9-/t23?,24-,25+,26+,37-/m1/s1. The van der Waals surface area contributed by atoms with Gasteiger partial charge in [0.2, 0.25) is 11.8 Å². The molecule has 2 fully saturated rings. The van der Waals surface area contributed by atoms with Crippen molar-refractivity contribution in [2.24, 2.45) is 5.92 Å². The van der Waals surface area contributed by atoms with Crippen molar-refractivity contribution in [1.82, 2.24) is 45.2 Å². The highest BCUT2D eigenvalue weighted by Gasteiger charge is 2.62. The fourth-order valence-electron chi connectivity index (χ4n) is 6.68. The van der Waals surface area contributed by atoms with Crippen molar-refractivity contribution in [3.8, 4) is 0 Å². The fourth-order valence-corrected chi connectivity index (χ4v) is 8.38. The van der Waals surface area contributed by atoms with Crippen LogP contribution in [0, 0.1) is 5.92 Å². The van der Waals surface area contributed by atoms with Gasteiger partial charge in [-0.15, -0.1) is 0 Å². The third kappa shape index (κ3) is 9.70. The molecule has 1 aliphatic carbocycles. The largest absolute Gasteiger partial charge is 0.464 e. The Morgan fingerprint density at radius 2 is 1.69 bits per heavy atom. The van der Waals surface area contributed by atoms with Crippen molar-refractivity contribution in [3.05, 3.63) is 65.6 Å². The predicted octanol–water partition coefficient (Wildman–Crippen LogP) is 4.12. The second-order valence-corrected chi connectivity index (χ2v) is 16.5. The number of nitrogens with one attached hydrogen (secondary N) is 2. The zero-order valence-corrected chi connectivity index (χ0v) is 32.8. The number of nitrogens with zero attached hydrogens (tertiary/aromatic N) is 7. The summed E-state index contributed by atoms with van der Waals surface area (Å²) in [4.78, 5) is 89.0. The van der Waals surface area contributed by atoms with Gasteiger partial charge in [-0.1, -0.05) is 25.0 Å². The normalized spacial score (nSPS) is 25.0. The van der Waals surface area contributed by atoms with Crippen LogP contribution in [-0.2, 0) is 23.9 Å². The van der Waals surface area contributed by atoms with Gasteiger partial charge in [-0.2, -0.15) is 5.10 Å². The van der Waals surface area contributed by atoms with Gasteiger partial charge in [-0.25, -0.2) is 34.2 Å². The predicted molar refractivity (Wildman–Crippen MR) is 201 cm³/mol. The number of esters is 1. The van der Waals surface area contributed by atoms with E-state index in [0.29, 0.717) is 34.5 Å². The molecule has 5 atom stereocenters. The molecule has 18 heteroatoms. The molecule has 16 nitrogen and oxygen atoms in total. The number of hydrogen-bond acceptors (Lipinski definition) is 14. The quantitative estimate of drug-likeness (QED) is 0.188. The van der Waals surface area contributed by atoms with Crippen LogP contribution in [0.15, 0.2) is 80.2 Å². The second-order valence-electron chi connectivity index (χ2n) is 14.5. The maximum Gasteiger partial charge on any atom is 0.408 e. The number of aromatic nitrogens is 6. The van der Waals surface area contributed by atoms with E-state index in [1.807, 2.05) is 12.2 Å². The lowest BCUT2D eigenvalue weighted by Gasteiger charge is -2.30. The third-order valence-electron chi connectivity index (χ3n) is 9.34. The Kier molecular flexibility index (Phi) is 12.5. The Morgan fingerprint density at radius 1 is 1.00 bits per heavy atom. The first-order valence-corrected chi connectivity index (χ1v) is 20.0. The van der Waals surface area contributed by atoms with Crippen molar-refractivity contribution in [1.29, 1.82) is 0 Å². The minimum absolute atomic E-state index is 0.00325. The molecule has 6 rings (SSSR count). The third-order valence-corrected chi connectivity index (χ3v) is 11.4. The van der Waals surface area contributed by atoms with Gasteiger partial charge in [0, 0.05) is 43.7 Å². The van der Waals surface area contributed by atoms with Crippen molar-refractivity contribution < 1.29 is 28.7 Å². The molecule has 5 heterocycles. The summed E-state index contributed by atoms with van der Waals surface area (Å²) in [6.45, 7) is 6.94. The summed E-state index contributed by atoms with van der Waals surface area (Å²) >= 11 is 2.21. The maximum atomic E-state index is 14.6. The Hall–Kier alpha value is -4.84. The van der Waals surface area contributed by atoms with Gasteiger partial charge in [0.1, 0.15) is 23.2 Å². The SMILES string of the molecule is CCOC(=O)[C@@]12CC1/C=C\CCCCC[C@H](NC(=O)OC(C)(C)C)C(=O)N1C[C@H](n3ncc(Sc4ncccn4)c(Sc4ncccn4)c3=O)C[C@H]1C(=O)N2. The molecule has 55 heavy (non-hydrogen) atoms. The van der Waals surface area contributed by atoms with E-state index in [1.54, 1.807) is 64.6 Å². The van der Waals surface area contributed by atoms with Crippen LogP contribution < -0.4 is 16.2 Å². The first kappa shape index (κ1) is 39.8. The van der Waals surface area contributed by atoms with Crippen LogP contribution in [0.3, 0.4) is 0 Å². The molecular formula is C37H45N9O7S2. The van der Waals surface area contributed by atoms with E-state index >= 15 is 0 Å². The average molecular weight is 792 g/mol. The Balaban J connectivity index is 1.37. The van der Waals surface area contributed by atoms with Crippen LogP contribution in [0.2, 0.25) is 0 Å². The van der Waals surface area contributed by atoms with Crippen LogP contribution in [0.4, 0.5) is 4.79 Å². The van der Waals surface area contributed by atoms with Gasteiger partial charge in [-0.05, 0) is 89.0 Å². The summed E-state index contributed by atoms with van der Waals surface area (Å²) in [7, 11) is 0. The maximum absolute atomic E-state index is 14.6. The van der Waals surface area contributed by atoms with Crippen LogP contribution in [0.5, 0.6) is 0 Å². The van der Waals surface area contributed by atoms with Gasteiger partial charge in [-0.3, -0.25) is 14.4 Å². The molecule has 3 aromatic heterocycles. The number of hydrogen-bond donors (Lipinski definition) is 2. The number of fused-ring (bicyclic) bond motifs is 2. The number of carbonyl (C=O) groups excluding carboxylic acids is 4. The molecule has 1 unspecified atom stereocenters. The smallest absolute Gasteiger partial charge is 0.408 e. The fraction of sp³-hybridized carbons (Fsp3) is 0.514. The molecule has 3 aliphatic rings. The number of alkyl carbamates (subject to hydrolysis) is 1. The van der Waals surface area contributed by atoms with E-state index in [1.165, 1.54) is 15.8 Å². The zero-order chi connectivity index (χ0) is 39.2. The molecule has 1 saturated carbocycles. The average Bonchev–Trinajstić information content (AvgIpc) is 3.66. The highest BCUT2D eigenvalue weighted by molar-refractivity contribution is 8.02.